The number of piperazine rings is 1. The summed E-state index contributed by atoms with van der Waals surface area (Å²) in [6.07, 6.45) is 0.507. The summed E-state index contributed by atoms with van der Waals surface area (Å²) < 4.78 is 10.7. The molecular weight excluding hydrogens is 536 g/mol. The number of nitrogens with two attached hydrogens (primary N) is 2. The minimum atomic E-state index is -0.942. The molecule has 11 nitrogen and oxygen atoms in total. The molecular formula is C31H34N6O5. The normalized spacial score (nSPS) is 15.8. The van der Waals surface area contributed by atoms with Crippen molar-refractivity contribution in [1.82, 2.24) is 20.3 Å². The van der Waals surface area contributed by atoms with E-state index in [0.29, 0.717) is 29.6 Å². The first-order valence-corrected chi connectivity index (χ1v) is 13.9. The Morgan fingerprint density at radius 3 is 2.43 bits per heavy atom. The number of anilines is 1. The van der Waals surface area contributed by atoms with Crippen LogP contribution < -0.4 is 16.8 Å². The third kappa shape index (κ3) is 6.87. The van der Waals surface area contributed by atoms with Crippen molar-refractivity contribution in [3.05, 3.63) is 95.6 Å². The molecule has 42 heavy (non-hydrogen) atoms. The van der Waals surface area contributed by atoms with E-state index in [1.54, 1.807) is 12.1 Å². The molecule has 0 aliphatic carbocycles. The first-order chi connectivity index (χ1) is 20.4. The summed E-state index contributed by atoms with van der Waals surface area (Å²) in [6, 6.07) is 22.7. The standard InChI is InChI=1S/C31H34N6O5/c32-25(14-12-21-7-3-1-4-8-21)30(39)37-16-15-36(31(40)41-20-22-9-5-2-6-10-22)19-26(37)29(38)34-18-23-11-13-24-27(17-23)42-35-28(24)33/h1-11,13,17,25-26H,12,14-16,18-20,32H2,(H2,33,35)(H,34,38). The largest absolute Gasteiger partial charge is 0.445 e. The number of carbonyl (C=O) groups excluding carboxylic acids is 3. The summed E-state index contributed by atoms with van der Waals surface area (Å²) in [6.45, 7) is 0.632. The van der Waals surface area contributed by atoms with Crippen LogP contribution in [0.2, 0.25) is 0 Å². The molecule has 0 spiro atoms. The highest BCUT2D eigenvalue weighted by Gasteiger charge is 2.39. The maximum atomic E-state index is 13.5. The first kappa shape index (κ1) is 28.6. The summed E-state index contributed by atoms with van der Waals surface area (Å²) in [5, 5.41) is 7.33. The van der Waals surface area contributed by atoms with E-state index < -0.39 is 24.1 Å². The van der Waals surface area contributed by atoms with Gasteiger partial charge in [-0.05, 0) is 41.7 Å². The Morgan fingerprint density at radius 2 is 1.69 bits per heavy atom. The van der Waals surface area contributed by atoms with Gasteiger partial charge in [0.05, 0.1) is 18.0 Å². The van der Waals surface area contributed by atoms with Gasteiger partial charge in [0.1, 0.15) is 12.6 Å². The minimum Gasteiger partial charge on any atom is -0.445 e. The second-order valence-electron chi connectivity index (χ2n) is 10.3. The molecule has 0 bridgehead atoms. The fourth-order valence-corrected chi connectivity index (χ4v) is 4.97. The van der Waals surface area contributed by atoms with Gasteiger partial charge in [0.15, 0.2) is 11.4 Å². The average Bonchev–Trinajstić information content (AvgIpc) is 3.41. The number of hydrogen-bond donors (Lipinski definition) is 3. The number of aromatic nitrogens is 1. The van der Waals surface area contributed by atoms with E-state index in [1.807, 2.05) is 66.7 Å². The minimum absolute atomic E-state index is 0.0196. The zero-order valence-corrected chi connectivity index (χ0v) is 23.1. The number of nitrogens with one attached hydrogen (secondary N) is 1. The number of rotatable bonds is 9. The van der Waals surface area contributed by atoms with Crippen LogP contribution in [0.1, 0.15) is 23.1 Å². The van der Waals surface area contributed by atoms with Crippen molar-refractivity contribution in [2.45, 2.75) is 38.1 Å². The molecule has 1 aromatic heterocycles. The number of hydrogen-bond acceptors (Lipinski definition) is 8. The summed E-state index contributed by atoms with van der Waals surface area (Å²) in [5.41, 5.74) is 15.3. The molecule has 5 rings (SSSR count). The van der Waals surface area contributed by atoms with Crippen LogP contribution in [0, 0.1) is 0 Å². The maximum Gasteiger partial charge on any atom is 0.410 e. The number of ether oxygens (including phenoxy) is 1. The maximum absolute atomic E-state index is 13.5. The molecule has 2 unspecified atom stereocenters. The Labute approximate surface area is 243 Å². The van der Waals surface area contributed by atoms with Gasteiger partial charge in [-0.25, -0.2) is 4.79 Å². The summed E-state index contributed by atoms with van der Waals surface area (Å²) in [7, 11) is 0. The predicted octanol–water partition coefficient (Wildman–Crippen LogP) is 2.84. The summed E-state index contributed by atoms with van der Waals surface area (Å²) in [4.78, 5) is 42.9. The van der Waals surface area contributed by atoms with Crippen LogP contribution in [0.5, 0.6) is 0 Å². The van der Waals surface area contributed by atoms with Gasteiger partial charge in [0.25, 0.3) is 0 Å². The summed E-state index contributed by atoms with van der Waals surface area (Å²) >= 11 is 0. The van der Waals surface area contributed by atoms with Crippen LogP contribution in [-0.2, 0) is 33.9 Å². The highest BCUT2D eigenvalue weighted by molar-refractivity contribution is 5.91. The molecule has 1 fully saturated rings. The first-order valence-electron chi connectivity index (χ1n) is 13.9. The van der Waals surface area contributed by atoms with Gasteiger partial charge in [0, 0.05) is 19.6 Å². The molecule has 1 aliphatic heterocycles. The Balaban J connectivity index is 1.26. The van der Waals surface area contributed by atoms with E-state index in [4.69, 9.17) is 20.7 Å². The van der Waals surface area contributed by atoms with Gasteiger partial charge in [-0.3, -0.25) is 9.59 Å². The van der Waals surface area contributed by atoms with Crippen LogP contribution in [0.15, 0.2) is 83.4 Å². The van der Waals surface area contributed by atoms with Gasteiger partial charge < -0.3 is 35.8 Å². The van der Waals surface area contributed by atoms with Crippen LogP contribution >= 0.6 is 0 Å². The van der Waals surface area contributed by atoms with Crippen molar-refractivity contribution in [2.75, 3.05) is 25.4 Å². The van der Waals surface area contributed by atoms with Crippen LogP contribution in [-0.4, -0.2) is 64.6 Å². The molecule has 0 radical (unpaired) electrons. The lowest BCUT2D eigenvalue weighted by atomic mass is 10.0. The van der Waals surface area contributed by atoms with Gasteiger partial charge >= 0.3 is 6.09 Å². The van der Waals surface area contributed by atoms with Crippen molar-refractivity contribution in [1.29, 1.82) is 0 Å². The molecule has 5 N–H and O–H groups in total. The fraction of sp³-hybridized carbons (Fsp3) is 0.290. The second kappa shape index (κ2) is 13.2. The second-order valence-corrected chi connectivity index (χ2v) is 10.3. The molecule has 0 saturated carbocycles. The van der Waals surface area contributed by atoms with Gasteiger partial charge in [-0.2, -0.15) is 0 Å². The van der Waals surface area contributed by atoms with Crippen molar-refractivity contribution >= 4 is 34.7 Å². The molecule has 218 valence electrons. The zero-order valence-electron chi connectivity index (χ0n) is 23.1. The highest BCUT2D eigenvalue weighted by atomic mass is 16.6. The van der Waals surface area contributed by atoms with E-state index in [0.717, 1.165) is 16.7 Å². The Morgan fingerprint density at radius 1 is 0.976 bits per heavy atom. The van der Waals surface area contributed by atoms with Crippen molar-refractivity contribution in [2.24, 2.45) is 5.73 Å². The van der Waals surface area contributed by atoms with Crippen LogP contribution in [0.4, 0.5) is 10.6 Å². The molecule has 4 aromatic rings. The van der Waals surface area contributed by atoms with Gasteiger partial charge in [-0.1, -0.05) is 71.9 Å². The summed E-state index contributed by atoms with van der Waals surface area (Å²) in [5.74, 6) is -0.446. The average molecular weight is 571 g/mol. The van der Waals surface area contributed by atoms with Crippen molar-refractivity contribution in [3.8, 4) is 0 Å². The molecule has 1 aliphatic rings. The highest BCUT2D eigenvalue weighted by Crippen LogP contribution is 2.21. The van der Waals surface area contributed by atoms with Gasteiger partial charge in [-0.15, -0.1) is 0 Å². The number of fused-ring (bicyclic) bond motifs is 1. The van der Waals surface area contributed by atoms with E-state index in [2.05, 4.69) is 10.5 Å². The molecule has 3 amide bonds. The Bertz CT molecular complexity index is 1530. The number of nitrogen functional groups attached to an aromatic ring is 1. The fourth-order valence-electron chi connectivity index (χ4n) is 4.97. The number of nitrogens with zero attached hydrogens (tertiary/aromatic N) is 3. The number of amides is 3. The smallest absolute Gasteiger partial charge is 0.410 e. The van der Waals surface area contributed by atoms with E-state index in [-0.39, 0.29) is 38.7 Å². The quantitative estimate of drug-likeness (QED) is 0.277. The molecule has 2 atom stereocenters. The third-order valence-electron chi connectivity index (χ3n) is 7.36. The molecule has 11 heteroatoms. The molecule has 2 heterocycles. The Hall–Kier alpha value is -4.90. The number of aryl methyl sites for hydroxylation is 1. The lowest BCUT2D eigenvalue weighted by molar-refractivity contribution is -0.144. The SMILES string of the molecule is Nc1noc2cc(CNC(=O)C3CN(C(=O)OCc4ccccc4)CCN3C(=O)C(N)CCc3ccccc3)ccc12. The lowest BCUT2D eigenvalue weighted by Crippen LogP contribution is -2.63. The monoisotopic (exact) mass is 570 g/mol. The molecule has 3 aromatic carbocycles. The van der Waals surface area contributed by atoms with Crippen LogP contribution in [0.3, 0.4) is 0 Å². The lowest BCUT2D eigenvalue weighted by Gasteiger charge is -2.41. The Kier molecular flexibility index (Phi) is 8.98. The third-order valence-corrected chi connectivity index (χ3v) is 7.36. The van der Waals surface area contributed by atoms with E-state index >= 15 is 0 Å². The number of carbonyl (C=O) groups is 3. The van der Waals surface area contributed by atoms with Gasteiger partial charge in [0.2, 0.25) is 11.8 Å². The predicted molar refractivity (Wildman–Crippen MR) is 157 cm³/mol. The number of benzene rings is 3. The van der Waals surface area contributed by atoms with Crippen molar-refractivity contribution in [3.63, 3.8) is 0 Å². The van der Waals surface area contributed by atoms with Crippen molar-refractivity contribution < 1.29 is 23.6 Å². The van der Waals surface area contributed by atoms with E-state index in [1.165, 1.54) is 9.80 Å². The van der Waals surface area contributed by atoms with E-state index in [9.17, 15) is 14.4 Å². The zero-order chi connectivity index (χ0) is 29.5. The van der Waals surface area contributed by atoms with Crippen LogP contribution in [0.25, 0.3) is 11.0 Å². The topological polar surface area (TPSA) is 157 Å². The molecule has 1 saturated heterocycles.